The first kappa shape index (κ1) is 18.6. The molecule has 146 valence electrons. The van der Waals surface area contributed by atoms with E-state index in [9.17, 15) is 19.5 Å². The Labute approximate surface area is 165 Å². The second-order valence-electron chi connectivity index (χ2n) is 7.14. The molecule has 4 unspecified atom stereocenters. The number of fused-ring (bicyclic) bond motifs is 2. The van der Waals surface area contributed by atoms with Crippen LogP contribution >= 0.6 is 11.3 Å². The summed E-state index contributed by atoms with van der Waals surface area (Å²) in [6, 6.07) is 9.34. The monoisotopic (exact) mass is 400 g/mol. The summed E-state index contributed by atoms with van der Waals surface area (Å²) in [6.07, 6.45) is 0.471. The highest BCUT2D eigenvalue weighted by Gasteiger charge is 2.55. The Morgan fingerprint density at radius 3 is 2.39 bits per heavy atom. The van der Waals surface area contributed by atoms with E-state index in [-0.39, 0.29) is 5.56 Å². The fraction of sp³-hybridized carbons (Fsp3) is 0.350. The van der Waals surface area contributed by atoms with E-state index in [2.05, 4.69) is 5.32 Å². The number of benzene rings is 1. The molecule has 2 saturated heterocycles. The number of nitrogens with two attached hydrogens (primary N) is 1. The van der Waals surface area contributed by atoms with Crippen LogP contribution in [0.25, 0.3) is 11.1 Å². The molecule has 4 N–H and O–H groups in total. The predicted molar refractivity (Wildman–Crippen MR) is 104 cm³/mol. The summed E-state index contributed by atoms with van der Waals surface area (Å²) < 4.78 is 5.66. The maximum Gasteiger partial charge on any atom is 0.310 e. The van der Waals surface area contributed by atoms with Crippen molar-refractivity contribution in [3.63, 3.8) is 0 Å². The van der Waals surface area contributed by atoms with Crippen LogP contribution in [0.1, 0.15) is 28.1 Å². The topological polar surface area (TPSA) is 119 Å². The summed E-state index contributed by atoms with van der Waals surface area (Å²) in [5.74, 6) is -3.76. The first-order valence-electron chi connectivity index (χ1n) is 9.06. The lowest BCUT2D eigenvalue weighted by atomic mass is 9.78. The minimum absolute atomic E-state index is 0.248. The normalized spacial score (nSPS) is 25.6. The zero-order valence-electron chi connectivity index (χ0n) is 15.2. The fourth-order valence-electron chi connectivity index (χ4n) is 4.34. The molecule has 2 amide bonds. The smallest absolute Gasteiger partial charge is 0.310 e. The SMILES string of the molecule is Cc1sc(NC(=O)C2C3CCC(O3)C2C(=O)O)c(C(N)=O)c1-c1ccccc1. The third-order valence-corrected chi connectivity index (χ3v) is 6.51. The lowest BCUT2D eigenvalue weighted by molar-refractivity contribution is -0.147. The second kappa shape index (κ2) is 7.03. The van der Waals surface area contributed by atoms with E-state index in [1.165, 1.54) is 11.3 Å². The number of ether oxygens (including phenoxy) is 1. The molecule has 28 heavy (non-hydrogen) atoms. The third-order valence-electron chi connectivity index (χ3n) is 5.49. The van der Waals surface area contributed by atoms with Crippen LogP contribution < -0.4 is 11.1 Å². The molecule has 8 heteroatoms. The number of hydrogen-bond donors (Lipinski definition) is 3. The molecule has 2 bridgehead atoms. The first-order valence-corrected chi connectivity index (χ1v) is 9.88. The van der Waals surface area contributed by atoms with Gasteiger partial charge in [0.25, 0.3) is 5.91 Å². The molecule has 2 aliphatic rings. The Morgan fingerprint density at radius 1 is 1.14 bits per heavy atom. The molecule has 4 atom stereocenters. The van der Waals surface area contributed by atoms with Gasteiger partial charge in [-0.05, 0) is 25.3 Å². The van der Waals surface area contributed by atoms with Crippen LogP contribution in [0.2, 0.25) is 0 Å². The van der Waals surface area contributed by atoms with Crippen LogP contribution in [0.15, 0.2) is 30.3 Å². The van der Waals surface area contributed by atoms with E-state index < -0.39 is 41.8 Å². The van der Waals surface area contributed by atoms with Gasteiger partial charge in [0.05, 0.1) is 29.6 Å². The van der Waals surface area contributed by atoms with Crippen molar-refractivity contribution in [2.45, 2.75) is 32.0 Å². The van der Waals surface area contributed by atoms with Crippen molar-refractivity contribution in [2.24, 2.45) is 17.6 Å². The lowest BCUT2D eigenvalue weighted by Gasteiger charge is -2.23. The van der Waals surface area contributed by atoms with E-state index in [4.69, 9.17) is 10.5 Å². The van der Waals surface area contributed by atoms with Crippen molar-refractivity contribution in [1.82, 2.24) is 0 Å². The molecular weight excluding hydrogens is 380 g/mol. The van der Waals surface area contributed by atoms with Crippen molar-refractivity contribution in [3.05, 3.63) is 40.8 Å². The van der Waals surface area contributed by atoms with E-state index in [0.29, 0.717) is 23.4 Å². The van der Waals surface area contributed by atoms with Gasteiger partial charge in [-0.25, -0.2) is 0 Å². The minimum Gasteiger partial charge on any atom is -0.481 e. The quantitative estimate of drug-likeness (QED) is 0.713. The molecule has 2 aromatic rings. The Hall–Kier alpha value is -2.71. The molecular formula is C20H20N2O5S. The van der Waals surface area contributed by atoms with Crippen LogP contribution in [0.5, 0.6) is 0 Å². The summed E-state index contributed by atoms with van der Waals surface area (Å²) >= 11 is 1.26. The van der Waals surface area contributed by atoms with Gasteiger partial charge in [-0.15, -0.1) is 11.3 Å². The van der Waals surface area contributed by atoms with Gasteiger partial charge in [0.1, 0.15) is 5.00 Å². The largest absolute Gasteiger partial charge is 0.481 e. The number of anilines is 1. The van der Waals surface area contributed by atoms with Crippen molar-refractivity contribution < 1.29 is 24.2 Å². The molecule has 0 spiro atoms. The highest BCUT2D eigenvalue weighted by Crippen LogP contribution is 2.45. The van der Waals surface area contributed by atoms with Gasteiger partial charge in [0, 0.05) is 10.4 Å². The maximum atomic E-state index is 13.0. The number of carboxylic acid groups (broad SMARTS) is 1. The third kappa shape index (κ3) is 2.98. The number of amides is 2. The molecule has 3 heterocycles. The van der Waals surface area contributed by atoms with Crippen molar-refractivity contribution in [3.8, 4) is 11.1 Å². The summed E-state index contributed by atoms with van der Waals surface area (Å²) in [5.41, 5.74) is 7.40. The van der Waals surface area contributed by atoms with Gasteiger partial charge in [-0.2, -0.15) is 0 Å². The average Bonchev–Trinajstić information content (AvgIpc) is 3.34. The number of carbonyl (C=O) groups is 3. The number of hydrogen-bond acceptors (Lipinski definition) is 5. The van der Waals surface area contributed by atoms with Crippen LogP contribution in [-0.2, 0) is 14.3 Å². The van der Waals surface area contributed by atoms with Crippen molar-refractivity contribution in [1.29, 1.82) is 0 Å². The highest BCUT2D eigenvalue weighted by molar-refractivity contribution is 7.17. The van der Waals surface area contributed by atoms with E-state index in [1.54, 1.807) is 0 Å². The second-order valence-corrected chi connectivity index (χ2v) is 8.36. The van der Waals surface area contributed by atoms with Crippen LogP contribution in [-0.4, -0.2) is 35.1 Å². The van der Waals surface area contributed by atoms with Gasteiger partial charge in [-0.1, -0.05) is 30.3 Å². The molecule has 4 rings (SSSR count). The molecule has 0 radical (unpaired) electrons. The van der Waals surface area contributed by atoms with Gasteiger partial charge < -0.3 is 20.9 Å². The Balaban J connectivity index is 1.68. The van der Waals surface area contributed by atoms with E-state index >= 15 is 0 Å². The maximum absolute atomic E-state index is 13.0. The first-order chi connectivity index (χ1) is 13.4. The number of carboxylic acids is 1. The number of aliphatic carboxylic acids is 1. The Kier molecular flexibility index (Phi) is 4.68. The van der Waals surface area contributed by atoms with Crippen LogP contribution in [0.3, 0.4) is 0 Å². The number of thiophene rings is 1. The molecule has 0 saturated carbocycles. The number of primary amides is 1. The number of aryl methyl sites for hydroxylation is 1. The van der Waals surface area contributed by atoms with E-state index in [0.717, 1.165) is 10.4 Å². The summed E-state index contributed by atoms with van der Waals surface area (Å²) in [5, 5.41) is 12.6. The highest BCUT2D eigenvalue weighted by atomic mass is 32.1. The molecule has 1 aromatic carbocycles. The minimum atomic E-state index is -1.03. The van der Waals surface area contributed by atoms with Crippen molar-refractivity contribution in [2.75, 3.05) is 5.32 Å². The molecule has 2 fully saturated rings. The van der Waals surface area contributed by atoms with Gasteiger partial charge in [0.2, 0.25) is 5.91 Å². The number of carbonyl (C=O) groups excluding carboxylic acids is 2. The zero-order chi connectivity index (χ0) is 20.0. The average molecular weight is 400 g/mol. The summed E-state index contributed by atoms with van der Waals surface area (Å²) in [7, 11) is 0. The van der Waals surface area contributed by atoms with Crippen molar-refractivity contribution >= 4 is 34.1 Å². The number of nitrogens with one attached hydrogen (secondary N) is 1. The van der Waals surface area contributed by atoms with Gasteiger partial charge in [0.15, 0.2) is 0 Å². The van der Waals surface area contributed by atoms with Gasteiger partial charge in [-0.3, -0.25) is 14.4 Å². The molecule has 2 aliphatic heterocycles. The fourth-order valence-corrected chi connectivity index (χ4v) is 5.42. The standard InChI is InChI=1S/C20H20N2O5S/c1-9-13(10-5-3-2-4-6-10)16(17(21)23)19(28-9)22-18(24)14-11-7-8-12(27-11)15(14)20(25)26/h2-6,11-12,14-15H,7-8H2,1H3,(H2,21,23)(H,22,24)(H,25,26). The summed E-state index contributed by atoms with van der Waals surface area (Å²) in [6.45, 7) is 1.86. The van der Waals surface area contributed by atoms with Crippen LogP contribution in [0.4, 0.5) is 5.00 Å². The number of rotatable bonds is 5. The predicted octanol–water partition coefficient (Wildman–Crippen LogP) is 2.64. The lowest BCUT2D eigenvalue weighted by Crippen LogP contribution is -2.41. The molecule has 0 aliphatic carbocycles. The zero-order valence-corrected chi connectivity index (χ0v) is 16.0. The Morgan fingerprint density at radius 2 is 1.79 bits per heavy atom. The molecule has 1 aromatic heterocycles. The Bertz CT molecular complexity index is 955. The molecule has 7 nitrogen and oxygen atoms in total. The summed E-state index contributed by atoms with van der Waals surface area (Å²) in [4.78, 5) is 37.6. The van der Waals surface area contributed by atoms with E-state index in [1.807, 2.05) is 37.3 Å². The van der Waals surface area contributed by atoms with Crippen LogP contribution in [0, 0.1) is 18.8 Å². The van der Waals surface area contributed by atoms with Gasteiger partial charge >= 0.3 is 5.97 Å².